The van der Waals surface area contributed by atoms with Crippen LogP contribution < -0.4 is 14.8 Å². The largest absolute Gasteiger partial charge is 0.486 e. The Morgan fingerprint density at radius 3 is 3.00 bits per heavy atom. The Balaban J connectivity index is 1.30. The van der Waals surface area contributed by atoms with Crippen LogP contribution >= 0.6 is 11.8 Å². The fourth-order valence-electron chi connectivity index (χ4n) is 2.38. The highest BCUT2D eigenvalue weighted by Gasteiger charge is 2.12. The fraction of sp³-hybridized carbons (Fsp3) is 0.250. The molecule has 0 spiro atoms. The summed E-state index contributed by atoms with van der Waals surface area (Å²) in [6.45, 7) is 1.07. The number of rotatable bonds is 5. The van der Waals surface area contributed by atoms with Gasteiger partial charge in [0.2, 0.25) is 5.91 Å². The van der Waals surface area contributed by atoms with Crippen molar-refractivity contribution in [2.24, 2.45) is 0 Å². The van der Waals surface area contributed by atoms with Crippen LogP contribution in [0.5, 0.6) is 11.5 Å². The highest BCUT2D eigenvalue weighted by atomic mass is 32.2. The number of benzene rings is 1. The average molecular weight is 357 g/mol. The predicted octanol–water partition coefficient (Wildman–Crippen LogP) is 2.02. The molecule has 1 aliphatic rings. The average Bonchev–Trinajstić information content (AvgIpc) is 3.09. The Morgan fingerprint density at radius 2 is 2.08 bits per heavy atom. The highest BCUT2D eigenvalue weighted by molar-refractivity contribution is 7.99. The molecule has 0 saturated carbocycles. The molecule has 0 aliphatic carbocycles. The zero-order chi connectivity index (χ0) is 17.1. The quantitative estimate of drug-likeness (QED) is 0.699. The van der Waals surface area contributed by atoms with Crippen LogP contribution in [-0.2, 0) is 4.79 Å². The van der Waals surface area contributed by atoms with E-state index in [0.717, 1.165) is 5.03 Å². The molecule has 0 saturated heterocycles. The molecular weight excluding hydrogens is 342 g/mol. The summed E-state index contributed by atoms with van der Waals surface area (Å²) in [6, 6.07) is 9.10. The molecule has 0 unspecified atom stereocenters. The third-order valence-electron chi connectivity index (χ3n) is 3.54. The summed E-state index contributed by atoms with van der Waals surface area (Å²) in [7, 11) is 0. The van der Waals surface area contributed by atoms with Crippen LogP contribution in [0.15, 0.2) is 41.7 Å². The number of thioether (sulfide) groups is 1. The summed E-state index contributed by atoms with van der Waals surface area (Å²) < 4.78 is 12.6. The van der Waals surface area contributed by atoms with Crippen LogP contribution in [-0.4, -0.2) is 44.7 Å². The standard InChI is InChI=1S/C16H15N5O3S/c22-15(18-11-1-2-12-13(9-11)24-7-6-23-12)5-8-25-16-4-3-14-19-17-10-21(14)20-16/h1-4,9-10H,5-8H2,(H,18,22). The van der Waals surface area contributed by atoms with Gasteiger partial charge >= 0.3 is 0 Å². The van der Waals surface area contributed by atoms with Gasteiger partial charge < -0.3 is 14.8 Å². The third kappa shape index (κ3) is 3.66. The van der Waals surface area contributed by atoms with E-state index in [1.54, 1.807) is 29.0 Å². The van der Waals surface area contributed by atoms with Gasteiger partial charge in [-0.25, -0.2) is 0 Å². The van der Waals surface area contributed by atoms with Crippen molar-refractivity contribution in [1.82, 2.24) is 19.8 Å². The lowest BCUT2D eigenvalue weighted by atomic mass is 10.2. The second-order valence-corrected chi connectivity index (χ2v) is 6.43. The fourth-order valence-corrected chi connectivity index (χ4v) is 3.19. The van der Waals surface area contributed by atoms with Crippen molar-refractivity contribution < 1.29 is 14.3 Å². The first-order valence-electron chi connectivity index (χ1n) is 7.77. The van der Waals surface area contributed by atoms with Crippen molar-refractivity contribution in [3.05, 3.63) is 36.7 Å². The minimum Gasteiger partial charge on any atom is -0.486 e. The SMILES string of the molecule is O=C(CCSc1ccc2nncn2n1)Nc1ccc2c(c1)OCCO2. The zero-order valence-electron chi connectivity index (χ0n) is 13.2. The normalized spacial score (nSPS) is 13.0. The molecule has 0 fully saturated rings. The lowest BCUT2D eigenvalue weighted by Gasteiger charge is -2.19. The van der Waals surface area contributed by atoms with Gasteiger partial charge in [0.15, 0.2) is 17.1 Å². The molecule has 0 bridgehead atoms. The summed E-state index contributed by atoms with van der Waals surface area (Å²) in [6.07, 6.45) is 1.93. The van der Waals surface area contributed by atoms with Crippen LogP contribution in [0.3, 0.4) is 0 Å². The number of aromatic nitrogens is 4. The summed E-state index contributed by atoms with van der Waals surface area (Å²) in [4.78, 5) is 12.1. The van der Waals surface area contributed by atoms with E-state index in [-0.39, 0.29) is 5.91 Å². The molecule has 1 aliphatic heterocycles. The van der Waals surface area contributed by atoms with E-state index in [2.05, 4.69) is 20.6 Å². The number of carbonyl (C=O) groups excluding carboxylic acids is 1. The van der Waals surface area contributed by atoms with Gasteiger partial charge in [-0.05, 0) is 24.3 Å². The summed E-state index contributed by atoms with van der Waals surface area (Å²) in [5.41, 5.74) is 1.39. The van der Waals surface area contributed by atoms with Crippen molar-refractivity contribution in [2.75, 3.05) is 24.3 Å². The van der Waals surface area contributed by atoms with Gasteiger partial charge in [0.1, 0.15) is 24.6 Å². The first-order chi connectivity index (χ1) is 12.3. The molecule has 0 radical (unpaired) electrons. The second-order valence-electron chi connectivity index (χ2n) is 5.31. The molecule has 3 aromatic rings. The number of hydrogen-bond acceptors (Lipinski definition) is 7. The van der Waals surface area contributed by atoms with E-state index in [1.165, 1.54) is 11.8 Å². The number of ether oxygens (including phenoxy) is 2. The van der Waals surface area contributed by atoms with Gasteiger partial charge in [-0.1, -0.05) is 0 Å². The van der Waals surface area contributed by atoms with E-state index in [0.29, 0.717) is 48.2 Å². The van der Waals surface area contributed by atoms with Crippen molar-refractivity contribution in [2.45, 2.75) is 11.4 Å². The van der Waals surface area contributed by atoms with E-state index < -0.39 is 0 Å². The Hall–Kier alpha value is -2.81. The maximum Gasteiger partial charge on any atom is 0.225 e. The van der Waals surface area contributed by atoms with E-state index in [4.69, 9.17) is 9.47 Å². The topological polar surface area (TPSA) is 90.6 Å². The molecule has 2 aromatic heterocycles. The minimum atomic E-state index is -0.0606. The Bertz CT molecular complexity index is 914. The lowest BCUT2D eigenvalue weighted by molar-refractivity contribution is -0.115. The molecule has 1 aromatic carbocycles. The van der Waals surface area contributed by atoms with Gasteiger partial charge in [-0.3, -0.25) is 4.79 Å². The highest BCUT2D eigenvalue weighted by Crippen LogP contribution is 2.32. The van der Waals surface area contributed by atoms with Crippen LogP contribution in [0.1, 0.15) is 6.42 Å². The molecule has 9 heteroatoms. The summed E-state index contributed by atoms with van der Waals surface area (Å²) in [5, 5.41) is 15.7. The second kappa shape index (κ2) is 6.98. The molecule has 4 rings (SSSR count). The molecule has 8 nitrogen and oxygen atoms in total. The monoisotopic (exact) mass is 357 g/mol. The van der Waals surface area contributed by atoms with E-state index >= 15 is 0 Å². The Labute approximate surface area is 147 Å². The van der Waals surface area contributed by atoms with Crippen molar-refractivity contribution in [1.29, 1.82) is 0 Å². The number of amides is 1. The zero-order valence-corrected chi connectivity index (χ0v) is 14.0. The minimum absolute atomic E-state index is 0.0606. The van der Waals surface area contributed by atoms with E-state index in [1.807, 2.05) is 12.1 Å². The molecule has 1 amide bonds. The van der Waals surface area contributed by atoms with Gasteiger partial charge in [0.05, 0.1) is 0 Å². The maximum atomic E-state index is 12.1. The van der Waals surface area contributed by atoms with Crippen LogP contribution in [0, 0.1) is 0 Å². The van der Waals surface area contributed by atoms with Crippen molar-refractivity contribution >= 4 is 29.0 Å². The number of carbonyl (C=O) groups is 1. The van der Waals surface area contributed by atoms with Crippen molar-refractivity contribution in [3.63, 3.8) is 0 Å². The third-order valence-corrected chi connectivity index (χ3v) is 4.46. The Kier molecular flexibility index (Phi) is 4.38. The van der Waals surface area contributed by atoms with Gasteiger partial charge in [0, 0.05) is 23.9 Å². The molecule has 3 heterocycles. The van der Waals surface area contributed by atoms with E-state index in [9.17, 15) is 4.79 Å². The number of anilines is 1. The first-order valence-corrected chi connectivity index (χ1v) is 8.76. The number of fused-ring (bicyclic) bond motifs is 2. The van der Waals surface area contributed by atoms with Crippen LogP contribution in [0.2, 0.25) is 0 Å². The molecular formula is C16H15N5O3S. The first kappa shape index (κ1) is 15.7. The van der Waals surface area contributed by atoms with Gasteiger partial charge in [0.25, 0.3) is 0 Å². The molecule has 0 atom stereocenters. The van der Waals surface area contributed by atoms with Gasteiger partial charge in [-0.15, -0.1) is 22.0 Å². The molecule has 25 heavy (non-hydrogen) atoms. The smallest absolute Gasteiger partial charge is 0.225 e. The Morgan fingerprint density at radius 1 is 1.20 bits per heavy atom. The van der Waals surface area contributed by atoms with Crippen LogP contribution in [0.4, 0.5) is 5.69 Å². The molecule has 1 N–H and O–H groups in total. The number of nitrogens with one attached hydrogen (secondary N) is 1. The number of hydrogen-bond donors (Lipinski definition) is 1. The van der Waals surface area contributed by atoms with Gasteiger partial charge in [-0.2, -0.15) is 9.61 Å². The van der Waals surface area contributed by atoms with Crippen molar-refractivity contribution in [3.8, 4) is 11.5 Å². The predicted molar refractivity (Wildman–Crippen MR) is 92.2 cm³/mol. The summed E-state index contributed by atoms with van der Waals surface area (Å²) >= 11 is 1.51. The van der Waals surface area contributed by atoms with Crippen LogP contribution in [0.25, 0.3) is 5.65 Å². The lowest BCUT2D eigenvalue weighted by Crippen LogP contribution is -2.16. The maximum absolute atomic E-state index is 12.1. The number of nitrogens with zero attached hydrogens (tertiary/aromatic N) is 4. The molecule has 128 valence electrons. The summed E-state index contributed by atoms with van der Waals surface area (Å²) in [5.74, 6) is 1.92.